The Morgan fingerprint density at radius 2 is 1.50 bits per heavy atom. The maximum atomic E-state index is 6.95. The molecular formula is C27H21Cl2N. The second-order valence-corrected chi connectivity index (χ2v) is 8.31. The van der Waals surface area contributed by atoms with Crippen molar-refractivity contribution in [2.75, 3.05) is 0 Å². The molecule has 0 spiro atoms. The number of fused-ring (bicyclic) bond motifs is 2. The van der Waals surface area contributed by atoms with Gasteiger partial charge in [-0.05, 0) is 42.7 Å². The van der Waals surface area contributed by atoms with Crippen molar-refractivity contribution in [3.05, 3.63) is 105 Å². The fourth-order valence-corrected chi connectivity index (χ4v) is 5.09. The first-order valence-corrected chi connectivity index (χ1v) is 11.0. The van der Waals surface area contributed by atoms with Crippen LogP contribution in [-0.2, 0) is 0 Å². The zero-order valence-electron chi connectivity index (χ0n) is 16.7. The molecule has 1 heterocycles. The summed E-state index contributed by atoms with van der Waals surface area (Å²) in [5.41, 5.74) is 4.91. The lowest BCUT2D eigenvalue weighted by Crippen LogP contribution is -2.29. The van der Waals surface area contributed by atoms with E-state index in [0.29, 0.717) is 0 Å². The predicted octanol–water partition coefficient (Wildman–Crippen LogP) is 6.77. The molecule has 30 heavy (non-hydrogen) atoms. The van der Waals surface area contributed by atoms with Crippen LogP contribution in [0.3, 0.4) is 0 Å². The summed E-state index contributed by atoms with van der Waals surface area (Å²) < 4.78 is 2.24. The highest BCUT2D eigenvalue weighted by Crippen LogP contribution is 2.31. The summed E-state index contributed by atoms with van der Waals surface area (Å²) in [5, 5.41) is 5.69. The molecule has 4 aromatic rings. The lowest BCUT2D eigenvalue weighted by atomic mass is 9.98. The summed E-state index contributed by atoms with van der Waals surface area (Å²) in [7, 11) is 0. The van der Waals surface area contributed by atoms with E-state index in [0.717, 1.165) is 49.8 Å². The van der Waals surface area contributed by atoms with E-state index >= 15 is 0 Å². The molecule has 1 nitrogen and oxygen atoms in total. The summed E-state index contributed by atoms with van der Waals surface area (Å²) in [6.07, 6.45) is 8.21. The van der Waals surface area contributed by atoms with Gasteiger partial charge in [-0.15, -0.1) is 0 Å². The molecule has 1 aliphatic rings. The van der Waals surface area contributed by atoms with E-state index in [1.54, 1.807) is 0 Å². The van der Waals surface area contributed by atoms with Crippen molar-refractivity contribution in [2.45, 2.75) is 19.8 Å². The first-order chi connectivity index (χ1) is 14.7. The van der Waals surface area contributed by atoms with Crippen molar-refractivity contribution in [2.24, 2.45) is 0 Å². The minimum absolute atomic E-state index is 0.770. The maximum absolute atomic E-state index is 6.95. The molecule has 148 valence electrons. The molecule has 0 bridgehead atoms. The van der Waals surface area contributed by atoms with E-state index in [1.807, 2.05) is 24.3 Å². The molecule has 0 aliphatic heterocycles. The van der Waals surface area contributed by atoms with E-state index in [4.69, 9.17) is 23.2 Å². The van der Waals surface area contributed by atoms with E-state index in [-0.39, 0.29) is 0 Å². The predicted molar refractivity (Wildman–Crippen MR) is 130 cm³/mol. The third-order valence-corrected chi connectivity index (χ3v) is 6.67. The zero-order chi connectivity index (χ0) is 20.7. The minimum atomic E-state index is 0.770. The van der Waals surface area contributed by atoms with E-state index < -0.39 is 0 Å². The molecule has 0 amide bonds. The summed E-state index contributed by atoms with van der Waals surface area (Å²) in [4.78, 5) is 0. The monoisotopic (exact) mass is 429 g/mol. The number of benzene rings is 3. The van der Waals surface area contributed by atoms with Gasteiger partial charge in [0.1, 0.15) is 0 Å². The Morgan fingerprint density at radius 3 is 2.23 bits per heavy atom. The van der Waals surface area contributed by atoms with Gasteiger partial charge in [-0.25, -0.2) is 0 Å². The van der Waals surface area contributed by atoms with Crippen LogP contribution in [0.25, 0.3) is 33.7 Å². The molecule has 5 rings (SSSR count). The van der Waals surface area contributed by atoms with E-state index in [2.05, 4.69) is 72.3 Å². The number of nitrogens with zero attached hydrogens (tertiary/aromatic N) is 1. The summed E-state index contributed by atoms with van der Waals surface area (Å²) in [6, 6.07) is 22.8. The third kappa shape index (κ3) is 3.10. The van der Waals surface area contributed by atoms with Crippen LogP contribution in [0.4, 0.5) is 0 Å². The van der Waals surface area contributed by atoms with Gasteiger partial charge in [0, 0.05) is 38.8 Å². The van der Waals surface area contributed by atoms with Gasteiger partial charge in [-0.2, -0.15) is 0 Å². The molecular weight excluding hydrogens is 409 g/mol. The maximum Gasteiger partial charge on any atom is 0.0563 e. The third-order valence-electron chi connectivity index (χ3n) is 5.87. The van der Waals surface area contributed by atoms with Gasteiger partial charge >= 0.3 is 0 Å². The molecule has 1 aliphatic carbocycles. The number of rotatable bonds is 3. The van der Waals surface area contributed by atoms with Crippen LogP contribution < -0.4 is 10.4 Å². The van der Waals surface area contributed by atoms with Crippen LogP contribution in [0.1, 0.15) is 25.5 Å². The number of hydrogen-bond donors (Lipinski definition) is 0. The minimum Gasteiger partial charge on any atom is -0.317 e. The first kappa shape index (κ1) is 19.2. The molecule has 0 N–H and O–H groups in total. The second-order valence-electron chi connectivity index (χ2n) is 7.55. The van der Waals surface area contributed by atoms with Crippen molar-refractivity contribution >= 4 is 51.2 Å². The van der Waals surface area contributed by atoms with Crippen molar-refractivity contribution in [1.29, 1.82) is 0 Å². The molecule has 0 saturated heterocycles. The number of aromatic nitrogens is 1. The van der Waals surface area contributed by atoms with Gasteiger partial charge in [-0.3, -0.25) is 0 Å². The normalized spacial score (nSPS) is 13.6. The Balaban J connectivity index is 1.77. The van der Waals surface area contributed by atoms with Crippen LogP contribution in [0.2, 0.25) is 10.0 Å². The highest BCUT2D eigenvalue weighted by molar-refractivity contribution is 6.40. The van der Waals surface area contributed by atoms with Gasteiger partial charge in [0.15, 0.2) is 0 Å². The average Bonchev–Trinajstić information content (AvgIpc) is 3.19. The Kier molecular flexibility index (Phi) is 5.02. The molecule has 0 atom stereocenters. The highest BCUT2D eigenvalue weighted by Gasteiger charge is 2.16. The number of hydrogen-bond acceptors (Lipinski definition) is 0. The van der Waals surface area contributed by atoms with E-state index in [9.17, 15) is 0 Å². The van der Waals surface area contributed by atoms with Crippen molar-refractivity contribution in [1.82, 2.24) is 4.57 Å². The van der Waals surface area contributed by atoms with Gasteiger partial charge in [0.25, 0.3) is 0 Å². The fourth-order valence-electron chi connectivity index (χ4n) is 4.37. The Bertz CT molecular complexity index is 1410. The molecule has 0 fully saturated rings. The molecule has 0 radical (unpaired) electrons. The van der Waals surface area contributed by atoms with Gasteiger partial charge in [0.2, 0.25) is 0 Å². The quantitative estimate of drug-likeness (QED) is 0.338. The topological polar surface area (TPSA) is 4.93 Å². The average molecular weight is 430 g/mol. The summed E-state index contributed by atoms with van der Waals surface area (Å²) >= 11 is 13.8. The number of allylic oxidation sites excluding steroid dienone is 2. The largest absolute Gasteiger partial charge is 0.317 e. The van der Waals surface area contributed by atoms with Crippen molar-refractivity contribution < 1.29 is 0 Å². The van der Waals surface area contributed by atoms with Gasteiger partial charge in [-0.1, -0.05) is 90.3 Å². The number of halogens is 2. The smallest absolute Gasteiger partial charge is 0.0563 e. The highest BCUT2D eigenvalue weighted by atomic mass is 35.5. The van der Waals surface area contributed by atoms with Gasteiger partial charge in [0.05, 0.1) is 10.0 Å². The lowest BCUT2D eigenvalue weighted by Gasteiger charge is -2.14. The van der Waals surface area contributed by atoms with Crippen LogP contribution in [0.5, 0.6) is 0 Å². The Morgan fingerprint density at radius 1 is 0.800 bits per heavy atom. The molecule has 1 aromatic heterocycles. The molecule has 0 unspecified atom stereocenters. The molecule has 3 heteroatoms. The van der Waals surface area contributed by atoms with Gasteiger partial charge < -0.3 is 4.57 Å². The SMILES string of the molecule is CCC1=c2c(Cl)c3ccccc3c(Cl)c2=CC=C(c2cccn2-c2ccccc2)C1. The van der Waals surface area contributed by atoms with Crippen molar-refractivity contribution in [3.8, 4) is 5.69 Å². The summed E-state index contributed by atoms with van der Waals surface area (Å²) in [6.45, 7) is 2.19. The van der Waals surface area contributed by atoms with Crippen LogP contribution >= 0.6 is 23.2 Å². The Hall–Kier alpha value is -2.74. The Labute approximate surface area is 186 Å². The number of para-hydroxylation sites is 1. The fraction of sp³-hybridized carbons (Fsp3) is 0.111. The van der Waals surface area contributed by atoms with Crippen LogP contribution in [0, 0.1) is 0 Å². The first-order valence-electron chi connectivity index (χ1n) is 10.2. The van der Waals surface area contributed by atoms with Crippen LogP contribution in [0.15, 0.2) is 79.0 Å². The summed E-state index contributed by atoms with van der Waals surface area (Å²) in [5.74, 6) is 0. The standard InChI is InChI=1S/C27H21Cl2N/c1-2-18-17-19(24-13-8-16-30(24)20-9-4-3-5-10-20)14-15-23-25(18)27(29)22-12-7-6-11-21(22)26(23)28/h3-16H,2,17H2,1H3. The zero-order valence-corrected chi connectivity index (χ0v) is 18.2. The van der Waals surface area contributed by atoms with Crippen molar-refractivity contribution in [3.63, 3.8) is 0 Å². The van der Waals surface area contributed by atoms with Crippen LogP contribution in [-0.4, -0.2) is 4.57 Å². The lowest BCUT2D eigenvalue weighted by molar-refractivity contribution is 1.04. The second kappa shape index (κ2) is 7.83. The molecule has 3 aromatic carbocycles. The van der Waals surface area contributed by atoms with E-state index in [1.165, 1.54) is 16.8 Å². The molecule has 0 saturated carbocycles.